The van der Waals surface area contributed by atoms with E-state index in [2.05, 4.69) is 196 Å². The Balaban J connectivity index is 1.34. The molecule has 0 aliphatic carbocycles. The van der Waals surface area contributed by atoms with Crippen LogP contribution in [0.15, 0.2) is 72.8 Å². The summed E-state index contributed by atoms with van der Waals surface area (Å²) in [5.41, 5.74) is 9.50. The van der Waals surface area contributed by atoms with Gasteiger partial charge in [0.2, 0.25) is 0 Å². The fourth-order valence-corrected chi connectivity index (χ4v) is 23.6. The second-order valence-electron chi connectivity index (χ2n) is 42.5. The van der Waals surface area contributed by atoms with Gasteiger partial charge in [-0.2, -0.15) is 0 Å². The van der Waals surface area contributed by atoms with Crippen molar-refractivity contribution in [3.8, 4) is 23.0 Å². The lowest BCUT2D eigenvalue weighted by Gasteiger charge is -2.46. The van der Waals surface area contributed by atoms with E-state index < -0.39 is 0 Å². The Morgan fingerprint density at radius 2 is 0.500 bits per heavy atom. The smallest absolute Gasteiger partial charge is 0.133 e. The SMILES string of the molecule is CCCCCCCCCCCCCCCCCCCCCCCCCCCCC(CC(C)CCCC)C(C(C=O)CC(CCCCCCCCCCCCCCCCCCCCCCCCCCCC)C(C(C=O)CC(C)(C)CCCC)C1c2ccc(N(CC)CC)cc2Oc2cc(N(CC)CC)ccc21)C1c2ccc(N(CC)CC)cc2Oc2cc(N(CC)CC)ccc21. The Labute approximate surface area is 806 Å². The first-order valence-corrected chi connectivity index (χ1v) is 57.5. The van der Waals surface area contributed by atoms with Crippen molar-refractivity contribution in [1.29, 1.82) is 0 Å². The highest BCUT2D eigenvalue weighted by atomic mass is 16.5. The number of ether oxygens (including phenoxy) is 2. The number of fused-ring (bicyclic) bond motifs is 4. The molecule has 2 aliphatic heterocycles. The Bertz CT molecular complexity index is 3310. The number of benzene rings is 4. The number of carbonyl (C=O) groups is 2. The van der Waals surface area contributed by atoms with Gasteiger partial charge in [-0.3, -0.25) is 0 Å². The number of hydrogen-bond donors (Lipinski definition) is 0. The van der Waals surface area contributed by atoms with Gasteiger partial charge >= 0.3 is 0 Å². The first kappa shape index (κ1) is 114. The Morgan fingerprint density at radius 3 is 0.731 bits per heavy atom. The van der Waals surface area contributed by atoms with Crippen LogP contribution >= 0.6 is 0 Å². The molecule has 0 aromatic heterocycles. The van der Waals surface area contributed by atoms with Crippen molar-refractivity contribution >= 4 is 35.3 Å². The zero-order valence-electron chi connectivity index (χ0n) is 88.4. The molecule has 0 fully saturated rings. The maximum absolute atomic E-state index is 16.1. The summed E-state index contributed by atoms with van der Waals surface area (Å²) in [5.74, 6) is 3.55. The van der Waals surface area contributed by atoms with Crippen LogP contribution in [0.3, 0.4) is 0 Å². The van der Waals surface area contributed by atoms with Crippen LogP contribution in [-0.2, 0) is 9.59 Å². The van der Waals surface area contributed by atoms with Crippen molar-refractivity contribution in [3.63, 3.8) is 0 Å². The van der Waals surface area contributed by atoms with Crippen molar-refractivity contribution in [2.24, 2.45) is 46.8 Å². The monoisotopic (exact) mass is 1800 g/mol. The fourth-order valence-electron chi connectivity index (χ4n) is 23.6. The van der Waals surface area contributed by atoms with Crippen LogP contribution in [0.5, 0.6) is 23.0 Å². The lowest BCUT2D eigenvalue weighted by Crippen LogP contribution is -2.39. The standard InChI is InChI=1S/C122H210N4O4/c1-16-28-32-34-36-38-40-42-44-46-48-50-52-54-56-58-60-62-64-66-68-70-72-74-76-78-81-102(92-101(13)80-30-18-3)118(120-110-87-83-106(123(20-5)21-6)94-114(110)129-115-95-107(84-88-111(115)120)124(22-7)23-8)104(99-127)93-103(82-79-77-75-73-71-69-67-65-63-61-59-57-55-53-51-49-47-45-43-41-39-37-35-33-29-17-2)119(105(100-128)98-122(14,15)91-31-19-4)121-112-89-85-108(125(24-9)25-10)96-116(112)130-117-97-109(86-90-113(117)121)126(26-11)27-12/h83-90,94-97,99-105,118-121H,16-82,91-93,98H2,1-15H3. The fraction of sp³-hybridized carbons (Fsp3) is 0.787. The van der Waals surface area contributed by atoms with E-state index >= 15 is 9.59 Å². The van der Waals surface area contributed by atoms with Gasteiger partial charge in [0.15, 0.2) is 0 Å². The highest BCUT2D eigenvalue weighted by Crippen LogP contribution is 2.59. The molecule has 2 heterocycles. The quantitative estimate of drug-likeness (QED) is 0.0320. The summed E-state index contributed by atoms with van der Waals surface area (Å²) in [4.78, 5) is 41.4. The molecule has 0 N–H and O–H groups in total. The van der Waals surface area contributed by atoms with E-state index in [4.69, 9.17) is 9.47 Å². The zero-order valence-corrected chi connectivity index (χ0v) is 88.4. The van der Waals surface area contributed by atoms with Crippen molar-refractivity contribution in [1.82, 2.24) is 0 Å². The van der Waals surface area contributed by atoms with E-state index in [1.807, 2.05) is 0 Å². The van der Waals surface area contributed by atoms with E-state index in [0.717, 1.165) is 140 Å². The first-order chi connectivity index (χ1) is 63.7. The Morgan fingerprint density at radius 1 is 0.277 bits per heavy atom. The maximum atomic E-state index is 16.1. The second-order valence-corrected chi connectivity index (χ2v) is 42.5. The number of anilines is 4. The third-order valence-electron chi connectivity index (χ3n) is 31.7. The number of hydrogen-bond acceptors (Lipinski definition) is 8. The largest absolute Gasteiger partial charge is 0.457 e. The molecule has 0 spiro atoms. The molecular formula is C122H210N4O4. The molecule has 130 heavy (non-hydrogen) atoms. The topological polar surface area (TPSA) is 65.6 Å². The summed E-state index contributed by atoms with van der Waals surface area (Å²) in [6.07, 6.45) is 86.6. The van der Waals surface area contributed by atoms with E-state index in [0.29, 0.717) is 5.92 Å². The third-order valence-corrected chi connectivity index (χ3v) is 31.7. The second kappa shape index (κ2) is 70.6. The first-order valence-electron chi connectivity index (χ1n) is 57.5. The Hall–Kier alpha value is -4.98. The number of aldehydes is 2. The van der Waals surface area contributed by atoms with E-state index in [1.165, 1.54) is 398 Å². The Kier molecular flexibility index (Phi) is 61.8. The molecule has 4 aromatic carbocycles. The molecular weight excluding hydrogens is 1590 g/mol. The average molecular weight is 1800 g/mol. The molecule has 8 nitrogen and oxygen atoms in total. The molecule has 7 atom stereocenters. The molecule has 0 saturated heterocycles. The lowest BCUT2D eigenvalue weighted by molar-refractivity contribution is -0.116. The van der Waals surface area contributed by atoms with Crippen LogP contribution in [0, 0.1) is 46.8 Å². The highest BCUT2D eigenvalue weighted by Gasteiger charge is 2.48. The summed E-state index contributed by atoms with van der Waals surface area (Å²) in [6.45, 7) is 42.2. The predicted molar refractivity (Wildman–Crippen MR) is 573 cm³/mol. The maximum Gasteiger partial charge on any atom is 0.133 e. The minimum Gasteiger partial charge on any atom is -0.457 e. The normalized spacial score (nSPS) is 14.4. The van der Waals surface area contributed by atoms with Gasteiger partial charge < -0.3 is 38.7 Å². The van der Waals surface area contributed by atoms with Crippen molar-refractivity contribution in [2.75, 3.05) is 72.0 Å². The van der Waals surface area contributed by atoms with Gasteiger partial charge in [0.1, 0.15) is 35.6 Å². The summed E-state index contributed by atoms with van der Waals surface area (Å²) in [7, 11) is 0. The number of carbonyl (C=O) groups excluding carboxylic acids is 2. The van der Waals surface area contributed by atoms with Crippen LogP contribution in [-0.4, -0.2) is 64.9 Å². The molecule has 4 aromatic rings. The van der Waals surface area contributed by atoms with Gasteiger partial charge in [-0.05, 0) is 140 Å². The average Bonchev–Trinajstić information content (AvgIpc) is 0.742. The zero-order chi connectivity index (χ0) is 93.5. The van der Waals surface area contributed by atoms with Crippen molar-refractivity contribution in [2.45, 2.75) is 520 Å². The summed E-state index contributed by atoms with van der Waals surface area (Å²) in [6, 6.07) is 28.6. The van der Waals surface area contributed by atoms with E-state index in [9.17, 15) is 0 Å². The highest BCUT2D eigenvalue weighted by molar-refractivity contribution is 5.68. The minimum atomic E-state index is -0.313. The van der Waals surface area contributed by atoms with Crippen LogP contribution < -0.4 is 29.1 Å². The van der Waals surface area contributed by atoms with Gasteiger partial charge in [-0.15, -0.1) is 0 Å². The van der Waals surface area contributed by atoms with Gasteiger partial charge in [-0.25, -0.2) is 0 Å². The molecule has 0 saturated carbocycles. The molecule has 0 bridgehead atoms. The van der Waals surface area contributed by atoms with Crippen LogP contribution in [0.25, 0.3) is 0 Å². The van der Waals surface area contributed by atoms with Crippen molar-refractivity contribution in [3.05, 3.63) is 95.1 Å². The molecule has 0 radical (unpaired) electrons. The van der Waals surface area contributed by atoms with Gasteiger partial charge in [0.05, 0.1) is 0 Å². The molecule has 6 rings (SSSR count). The summed E-state index contributed by atoms with van der Waals surface area (Å²) in [5, 5.41) is 0. The van der Waals surface area contributed by atoms with Crippen LogP contribution in [0.1, 0.15) is 542 Å². The van der Waals surface area contributed by atoms with Gasteiger partial charge in [0, 0.05) is 145 Å². The van der Waals surface area contributed by atoms with Crippen molar-refractivity contribution < 1.29 is 19.1 Å². The van der Waals surface area contributed by atoms with Gasteiger partial charge in [-0.1, -0.05) is 452 Å². The summed E-state index contributed by atoms with van der Waals surface area (Å²) < 4.78 is 14.9. The minimum absolute atomic E-state index is 0.0313. The predicted octanol–water partition coefficient (Wildman–Crippen LogP) is 38.7. The molecule has 7 unspecified atom stereocenters. The number of nitrogens with zero attached hydrogens (tertiary/aromatic N) is 4. The number of unbranched alkanes of at least 4 members (excludes halogenated alkanes) is 52. The molecule has 0 amide bonds. The lowest BCUT2D eigenvalue weighted by atomic mass is 9.58. The molecule has 742 valence electrons. The molecule has 8 heteroatoms. The third kappa shape index (κ3) is 41.9. The van der Waals surface area contributed by atoms with Crippen LogP contribution in [0.2, 0.25) is 0 Å². The molecule has 2 aliphatic rings. The van der Waals surface area contributed by atoms with E-state index in [-0.39, 0.29) is 52.8 Å². The number of rotatable bonds is 86. The van der Waals surface area contributed by atoms with E-state index in [1.54, 1.807) is 0 Å². The van der Waals surface area contributed by atoms with Crippen LogP contribution in [0.4, 0.5) is 22.7 Å². The van der Waals surface area contributed by atoms with Gasteiger partial charge in [0.25, 0.3) is 0 Å². The summed E-state index contributed by atoms with van der Waals surface area (Å²) >= 11 is 0.